The highest BCUT2D eigenvalue weighted by Gasteiger charge is 2.33. The fourth-order valence-electron chi connectivity index (χ4n) is 2.11. The van der Waals surface area contributed by atoms with Gasteiger partial charge in [0.05, 0.1) is 19.1 Å². The molecule has 0 bridgehead atoms. The van der Waals surface area contributed by atoms with E-state index in [9.17, 15) is 5.11 Å². The predicted molar refractivity (Wildman–Crippen MR) is 51.1 cm³/mol. The van der Waals surface area contributed by atoms with E-state index in [0.717, 1.165) is 12.8 Å². The van der Waals surface area contributed by atoms with Crippen LogP contribution in [0.3, 0.4) is 0 Å². The zero-order valence-electron chi connectivity index (χ0n) is 8.21. The number of aliphatic hydroxyl groups excluding tert-OH is 1. The Balaban J connectivity index is 2.44. The summed E-state index contributed by atoms with van der Waals surface area (Å²) in [5.74, 6) is 0. The molecule has 13 heavy (non-hydrogen) atoms. The SMILES string of the molecule is CC(CC#N)NC1(CO)CCCC1. The molecular weight excluding hydrogens is 164 g/mol. The van der Waals surface area contributed by atoms with Crippen molar-refractivity contribution >= 4 is 0 Å². The van der Waals surface area contributed by atoms with Crippen LogP contribution in [0.4, 0.5) is 0 Å². The van der Waals surface area contributed by atoms with Crippen molar-refractivity contribution in [2.45, 2.75) is 50.6 Å². The Labute approximate surface area is 79.8 Å². The molecule has 1 atom stereocenters. The molecule has 1 aliphatic carbocycles. The van der Waals surface area contributed by atoms with Gasteiger partial charge in [-0.25, -0.2) is 0 Å². The maximum atomic E-state index is 9.29. The molecule has 1 saturated carbocycles. The van der Waals surface area contributed by atoms with Crippen LogP contribution >= 0.6 is 0 Å². The second-order valence-electron chi connectivity index (χ2n) is 4.05. The lowest BCUT2D eigenvalue weighted by molar-refractivity contribution is 0.153. The van der Waals surface area contributed by atoms with Crippen LogP contribution in [-0.4, -0.2) is 23.3 Å². The highest BCUT2D eigenvalue weighted by Crippen LogP contribution is 2.29. The standard InChI is InChI=1S/C10H18N2O/c1-9(4-7-11)12-10(8-13)5-2-3-6-10/h9,12-13H,2-6,8H2,1H3. The third-order valence-electron chi connectivity index (χ3n) is 2.81. The van der Waals surface area contributed by atoms with E-state index in [1.54, 1.807) is 0 Å². The van der Waals surface area contributed by atoms with Crippen LogP contribution < -0.4 is 5.32 Å². The van der Waals surface area contributed by atoms with Gasteiger partial charge in [-0.3, -0.25) is 0 Å². The van der Waals surface area contributed by atoms with Crippen LogP contribution in [0.25, 0.3) is 0 Å². The van der Waals surface area contributed by atoms with Crippen molar-refractivity contribution in [2.75, 3.05) is 6.61 Å². The van der Waals surface area contributed by atoms with E-state index in [2.05, 4.69) is 11.4 Å². The summed E-state index contributed by atoms with van der Waals surface area (Å²) in [4.78, 5) is 0. The highest BCUT2D eigenvalue weighted by molar-refractivity contribution is 4.95. The van der Waals surface area contributed by atoms with Gasteiger partial charge in [-0.2, -0.15) is 5.26 Å². The number of hydrogen-bond donors (Lipinski definition) is 2. The molecule has 3 nitrogen and oxygen atoms in total. The van der Waals surface area contributed by atoms with Gasteiger partial charge < -0.3 is 10.4 Å². The number of rotatable bonds is 4. The maximum Gasteiger partial charge on any atom is 0.0638 e. The predicted octanol–water partition coefficient (Wildman–Crippen LogP) is 1.18. The van der Waals surface area contributed by atoms with Crippen molar-refractivity contribution in [1.82, 2.24) is 5.32 Å². The average Bonchev–Trinajstić information content (AvgIpc) is 2.54. The van der Waals surface area contributed by atoms with Gasteiger partial charge in [0.1, 0.15) is 0 Å². The summed E-state index contributed by atoms with van der Waals surface area (Å²) in [5.41, 5.74) is -0.0870. The Kier molecular flexibility index (Phi) is 3.71. The zero-order valence-corrected chi connectivity index (χ0v) is 8.21. The summed E-state index contributed by atoms with van der Waals surface area (Å²) in [5, 5.41) is 21.2. The van der Waals surface area contributed by atoms with Crippen LogP contribution in [0.5, 0.6) is 0 Å². The Morgan fingerprint density at radius 1 is 1.54 bits per heavy atom. The number of nitrogens with one attached hydrogen (secondary N) is 1. The van der Waals surface area contributed by atoms with Gasteiger partial charge >= 0.3 is 0 Å². The molecular formula is C10H18N2O. The van der Waals surface area contributed by atoms with Gasteiger partial charge in [0.15, 0.2) is 0 Å². The second-order valence-corrected chi connectivity index (χ2v) is 4.05. The summed E-state index contributed by atoms with van der Waals surface area (Å²) < 4.78 is 0. The lowest BCUT2D eigenvalue weighted by Crippen LogP contribution is -2.50. The lowest BCUT2D eigenvalue weighted by Gasteiger charge is -2.31. The normalized spacial score (nSPS) is 22.5. The number of aliphatic hydroxyl groups is 1. The first-order valence-electron chi connectivity index (χ1n) is 4.98. The van der Waals surface area contributed by atoms with E-state index in [4.69, 9.17) is 5.26 Å². The van der Waals surface area contributed by atoms with Gasteiger partial charge in [-0.05, 0) is 19.8 Å². The van der Waals surface area contributed by atoms with Crippen LogP contribution in [0.1, 0.15) is 39.0 Å². The van der Waals surface area contributed by atoms with E-state index in [-0.39, 0.29) is 18.2 Å². The van der Waals surface area contributed by atoms with E-state index in [1.165, 1.54) is 12.8 Å². The summed E-state index contributed by atoms with van der Waals surface area (Å²) in [6.45, 7) is 2.20. The molecule has 74 valence electrons. The molecule has 1 unspecified atom stereocenters. The summed E-state index contributed by atoms with van der Waals surface area (Å²) in [7, 11) is 0. The lowest BCUT2D eigenvalue weighted by atomic mass is 9.97. The second kappa shape index (κ2) is 4.59. The average molecular weight is 182 g/mol. The molecule has 0 heterocycles. The van der Waals surface area contributed by atoms with E-state index in [0.29, 0.717) is 6.42 Å². The zero-order chi connectivity index (χ0) is 9.73. The van der Waals surface area contributed by atoms with E-state index in [1.807, 2.05) is 6.92 Å². The van der Waals surface area contributed by atoms with Crippen LogP contribution in [-0.2, 0) is 0 Å². The number of nitriles is 1. The fourth-order valence-corrected chi connectivity index (χ4v) is 2.11. The minimum Gasteiger partial charge on any atom is -0.394 e. The van der Waals surface area contributed by atoms with Crippen molar-refractivity contribution in [3.8, 4) is 6.07 Å². The van der Waals surface area contributed by atoms with Crippen LogP contribution in [0.2, 0.25) is 0 Å². The largest absolute Gasteiger partial charge is 0.394 e. The van der Waals surface area contributed by atoms with Crippen molar-refractivity contribution < 1.29 is 5.11 Å². The van der Waals surface area contributed by atoms with Crippen molar-refractivity contribution in [3.63, 3.8) is 0 Å². The highest BCUT2D eigenvalue weighted by atomic mass is 16.3. The van der Waals surface area contributed by atoms with Gasteiger partial charge in [-0.15, -0.1) is 0 Å². The van der Waals surface area contributed by atoms with Crippen molar-refractivity contribution in [2.24, 2.45) is 0 Å². The first-order chi connectivity index (χ1) is 6.22. The Morgan fingerprint density at radius 2 is 2.15 bits per heavy atom. The van der Waals surface area contributed by atoms with Crippen LogP contribution in [0, 0.1) is 11.3 Å². The molecule has 0 radical (unpaired) electrons. The summed E-state index contributed by atoms with van der Waals surface area (Å²) in [6.07, 6.45) is 4.97. The molecule has 0 aromatic carbocycles. The quantitative estimate of drug-likeness (QED) is 0.686. The Hall–Kier alpha value is -0.590. The van der Waals surface area contributed by atoms with Crippen molar-refractivity contribution in [1.29, 1.82) is 5.26 Å². The molecule has 0 amide bonds. The summed E-state index contributed by atoms with van der Waals surface area (Å²) in [6, 6.07) is 2.33. The van der Waals surface area contributed by atoms with E-state index < -0.39 is 0 Å². The first kappa shape index (κ1) is 10.5. The minimum absolute atomic E-state index is 0.0870. The molecule has 0 spiro atoms. The molecule has 1 aliphatic rings. The third kappa shape index (κ3) is 2.68. The molecule has 0 aromatic heterocycles. The molecule has 0 saturated heterocycles. The topological polar surface area (TPSA) is 56.0 Å². The molecule has 1 fully saturated rings. The molecule has 0 aromatic rings. The Morgan fingerprint density at radius 3 is 2.62 bits per heavy atom. The van der Waals surface area contributed by atoms with E-state index >= 15 is 0 Å². The van der Waals surface area contributed by atoms with Crippen LogP contribution in [0.15, 0.2) is 0 Å². The first-order valence-corrected chi connectivity index (χ1v) is 4.98. The van der Waals surface area contributed by atoms with Gasteiger partial charge in [-0.1, -0.05) is 12.8 Å². The van der Waals surface area contributed by atoms with Gasteiger partial charge in [0, 0.05) is 11.6 Å². The fraction of sp³-hybridized carbons (Fsp3) is 0.900. The summed E-state index contributed by atoms with van der Waals surface area (Å²) >= 11 is 0. The maximum absolute atomic E-state index is 9.29. The molecule has 1 rings (SSSR count). The Bertz CT molecular complexity index is 192. The van der Waals surface area contributed by atoms with Crippen molar-refractivity contribution in [3.05, 3.63) is 0 Å². The smallest absolute Gasteiger partial charge is 0.0638 e. The molecule has 2 N–H and O–H groups in total. The number of hydrogen-bond acceptors (Lipinski definition) is 3. The van der Waals surface area contributed by atoms with Gasteiger partial charge in [0.2, 0.25) is 0 Å². The minimum atomic E-state index is -0.0870. The molecule has 3 heteroatoms. The third-order valence-corrected chi connectivity index (χ3v) is 2.81. The van der Waals surface area contributed by atoms with Gasteiger partial charge in [0.25, 0.3) is 0 Å². The number of nitrogens with zero attached hydrogens (tertiary/aromatic N) is 1. The monoisotopic (exact) mass is 182 g/mol. The molecule has 0 aliphatic heterocycles.